The van der Waals surface area contributed by atoms with E-state index in [9.17, 15) is 13.6 Å². The third-order valence-electron chi connectivity index (χ3n) is 3.33. The summed E-state index contributed by atoms with van der Waals surface area (Å²) in [4.78, 5) is 11.1. The molecule has 0 aliphatic heterocycles. The van der Waals surface area contributed by atoms with Crippen molar-refractivity contribution in [1.82, 2.24) is 0 Å². The summed E-state index contributed by atoms with van der Waals surface area (Å²) in [5.74, 6) is -2.24. The highest BCUT2D eigenvalue weighted by molar-refractivity contribution is 5.93. The Hall–Kier alpha value is -2.43. The Labute approximate surface area is 121 Å². The summed E-state index contributed by atoms with van der Waals surface area (Å²) in [6.07, 6.45) is 0. The fourth-order valence-electron chi connectivity index (χ4n) is 2.14. The summed E-state index contributed by atoms with van der Waals surface area (Å²) in [5.41, 5.74) is 7.39. The fraction of sp³-hybridized carbons (Fsp3) is 0.188. The maximum atomic E-state index is 13.7. The van der Waals surface area contributed by atoms with Gasteiger partial charge >= 0.3 is 0 Å². The number of primary amides is 1. The minimum Gasteiger partial charge on any atom is -0.378 e. The van der Waals surface area contributed by atoms with E-state index in [0.29, 0.717) is 5.56 Å². The summed E-state index contributed by atoms with van der Waals surface area (Å²) in [7, 11) is 0. The third kappa shape index (κ3) is 3.18. The number of carbonyl (C=O) groups excluding carboxylic acids is 1. The molecule has 5 heteroatoms. The van der Waals surface area contributed by atoms with Gasteiger partial charge in [-0.2, -0.15) is 0 Å². The van der Waals surface area contributed by atoms with Crippen molar-refractivity contribution in [1.29, 1.82) is 0 Å². The molecule has 3 N–H and O–H groups in total. The van der Waals surface area contributed by atoms with Crippen molar-refractivity contribution in [2.45, 2.75) is 19.9 Å². The molecule has 0 radical (unpaired) electrons. The summed E-state index contributed by atoms with van der Waals surface area (Å²) in [5, 5.41) is 3.10. The molecule has 110 valence electrons. The van der Waals surface area contributed by atoms with Gasteiger partial charge < -0.3 is 11.1 Å². The Morgan fingerprint density at radius 3 is 2.57 bits per heavy atom. The molecule has 0 fully saturated rings. The van der Waals surface area contributed by atoms with Gasteiger partial charge in [0.1, 0.15) is 0 Å². The fourth-order valence-corrected chi connectivity index (χ4v) is 2.14. The molecular formula is C16H16F2N2O. The highest BCUT2D eigenvalue weighted by atomic mass is 19.2. The zero-order chi connectivity index (χ0) is 15.6. The first kappa shape index (κ1) is 15.0. The minimum absolute atomic E-state index is 0.244. The van der Waals surface area contributed by atoms with Crippen molar-refractivity contribution < 1.29 is 13.6 Å². The number of carbonyl (C=O) groups is 1. The van der Waals surface area contributed by atoms with Crippen LogP contribution in [-0.2, 0) is 0 Å². The van der Waals surface area contributed by atoms with Gasteiger partial charge in [0.25, 0.3) is 0 Å². The molecule has 0 aliphatic rings. The zero-order valence-electron chi connectivity index (χ0n) is 11.8. The topological polar surface area (TPSA) is 55.1 Å². The smallest absolute Gasteiger partial charge is 0.248 e. The van der Waals surface area contributed by atoms with E-state index in [1.807, 2.05) is 6.92 Å². The Morgan fingerprint density at radius 1 is 1.24 bits per heavy atom. The van der Waals surface area contributed by atoms with Crippen molar-refractivity contribution >= 4 is 11.6 Å². The molecule has 0 saturated heterocycles. The lowest BCUT2D eigenvalue weighted by Crippen LogP contribution is -2.13. The second-order valence-corrected chi connectivity index (χ2v) is 4.90. The molecular weight excluding hydrogens is 274 g/mol. The molecule has 1 atom stereocenters. The van der Waals surface area contributed by atoms with Crippen LogP contribution in [0.4, 0.5) is 14.5 Å². The first-order chi connectivity index (χ1) is 9.90. The average molecular weight is 290 g/mol. The van der Waals surface area contributed by atoms with Crippen LogP contribution in [-0.4, -0.2) is 5.91 Å². The van der Waals surface area contributed by atoms with Crippen LogP contribution >= 0.6 is 0 Å². The van der Waals surface area contributed by atoms with Gasteiger partial charge in [0, 0.05) is 16.8 Å². The van der Waals surface area contributed by atoms with E-state index in [1.54, 1.807) is 25.1 Å². The van der Waals surface area contributed by atoms with Crippen LogP contribution in [0.5, 0.6) is 0 Å². The third-order valence-corrected chi connectivity index (χ3v) is 3.33. The van der Waals surface area contributed by atoms with Crippen molar-refractivity contribution in [3.63, 3.8) is 0 Å². The maximum Gasteiger partial charge on any atom is 0.248 e. The molecule has 0 aliphatic carbocycles. The lowest BCUT2D eigenvalue weighted by molar-refractivity contribution is 0.1000. The Kier molecular flexibility index (Phi) is 4.21. The first-order valence-corrected chi connectivity index (χ1v) is 6.51. The second kappa shape index (κ2) is 5.91. The highest BCUT2D eigenvalue weighted by Gasteiger charge is 2.15. The molecule has 0 heterocycles. The van der Waals surface area contributed by atoms with Crippen molar-refractivity contribution in [2.24, 2.45) is 5.73 Å². The molecule has 2 rings (SSSR count). The summed E-state index contributed by atoms with van der Waals surface area (Å²) >= 11 is 0. The van der Waals surface area contributed by atoms with Crippen LogP contribution in [0.3, 0.4) is 0 Å². The normalized spacial score (nSPS) is 12.0. The van der Waals surface area contributed by atoms with E-state index < -0.39 is 23.6 Å². The molecule has 0 aromatic heterocycles. The summed E-state index contributed by atoms with van der Waals surface area (Å²) in [6, 6.07) is 8.60. The SMILES string of the molecule is Cc1cc(C(N)=O)ccc1NC(C)c1cccc(F)c1F. The van der Waals surface area contributed by atoms with Gasteiger partial charge in [-0.1, -0.05) is 12.1 Å². The molecule has 3 nitrogen and oxygen atoms in total. The largest absolute Gasteiger partial charge is 0.378 e. The monoisotopic (exact) mass is 290 g/mol. The van der Waals surface area contributed by atoms with Crippen LogP contribution < -0.4 is 11.1 Å². The Morgan fingerprint density at radius 2 is 1.95 bits per heavy atom. The Balaban J connectivity index is 2.25. The number of hydrogen-bond acceptors (Lipinski definition) is 2. The molecule has 2 aromatic rings. The van der Waals surface area contributed by atoms with Crippen LogP contribution in [0.25, 0.3) is 0 Å². The van der Waals surface area contributed by atoms with Crippen LogP contribution in [0.2, 0.25) is 0 Å². The number of aryl methyl sites for hydroxylation is 1. The van der Waals surface area contributed by atoms with Crippen LogP contribution in [0, 0.1) is 18.6 Å². The van der Waals surface area contributed by atoms with Gasteiger partial charge in [-0.05, 0) is 43.7 Å². The number of anilines is 1. The maximum absolute atomic E-state index is 13.7. The van der Waals surface area contributed by atoms with E-state index in [-0.39, 0.29) is 5.56 Å². The summed E-state index contributed by atoms with van der Waals surface area (Å²) < 4.78 is 27.0. The quantitative estimate of drug-likeness (QED) is 0.904. The Bertz CT molecular complexity index is 686. The lowest BCUT2D eigenvalue weighted by Gasteiger charge is -2.18. The van der Waals surface area contributed by atoms with Gasteiger partial charge in [-0.25, -0.2) is 8.78 Å². The molecule has 1 amide bonds. The van der Waals surface area contributed by atoms with E-state index >= 15 is 0 Å². The van der Waals surface area contributed by atoms with Crippen molar-refractivity contribution in [3.05, 3.63) is 64.7 Å². The van der Waals surface area contributed by atoms with E-state index in [0.717, 1.165) is 17.3 Å². The van der Waals surface area contributed by atoms with Crippen LogP contribution in [0.15, 0.2) is 36.4 Å². The van der Waals surface area contributed by atoms with E-state index in [2.05, 4.69) is 5.32 Å². The number of amides is 1. The van der Waals surface area contributed by atoms with Crippen LogP contribution in [0.1, 0.15) is 34.5 Å². The molecule has 0 spiro atoms. The first-order valence-electron chi connectivity index (χ1n) is 6.51. The number of hydrogen-bond donors (Lipinski definition) is 2. The van der Waals surface area contributed by atoms with Gasteiger partial charge in [0.2, 0.25) is 5.91 Å². The number of halogens is 2. The van der Waals surface area contributed by atoms with E-state index in [1.165, 1.54) is 12.1 Å². The number of benzene rings is 2. The number of rotatable bonds is 4. The van der Waals surface area contributed by atoms with Gasteiger partial charge in [-0.3, -0.25) is 4.79 Å². The number of nitrogens with one attached hydrogen (secondary N) is 1. The predicted octanol–water partition coefficient (Wildman–Crippen LogP) is 3.55. The van der Waals surface area contributed by atoms with Gasteiger partial charge in [-0.15, -0.1) is 0 Å². The lowest BCUT2D eigenvalue weighted by atomic mass is 10.0. The average Bonchev–Trinajstić information content (AvgIpc) is 2.43. The highest BCUT2D eigenvalue weighted by Crippen LogP contribution is 2.25. The molecule has 0 bridgehead atoms. The zero-order valence-corrected chi connectivity index (χ0v) is 11.8. The van der Waals surface area contributed by atoms with Crippen molar-refractivity contribution in [2.75, 3.05) is 5.32 Å². The predicted molar refractivity (Wildman–Crippen MR) is 78.1 cm³/mol. The van der Waals surface area contributed by atoms with Gasteiger partial charge in [0.15, 0.2) is 11.6 Å². The van der Waals surface area contributed by atoms with Crippen molar-refractivity contribution in [3.8, 4) is 0 Å². The molecule has 1 unspecified atom stereocenters. The second-order valence-electron chi connectivity index (χ2n) is 4.90. The standard InChI is InChI=1S/C16H16F2N2O/c1-9-8-11(16(19)21)6-7-14(9)20-10(2)12-4-3-5-13(17)15(12)18/h3-8,10,20H,1-2H3,(H2,19,21). The minimum atomic E-state index is -0.873. The summed E-state index contributed by atoms with van der Waals surface area (Å²) in [6.45, 7) is 3.54. The van der Waals surface area contributed by atoms with E-state index in [4.69, 9.17) is 5.73 Å². The molecule has 21 heavy (non-hydrogen) atoms. The molecule has 0 saturated carbocycles. The molecule has 2 aromatic carbocycles. The number of nitrogens with two attached hydrogens (primary N) is 1. The van der Waals surface area contributed by atoms with Gasteiger partial charge in [0.05, 0.1) is 6.04 Å².